The van der Waals surface area contributed by atoms with Crippen molar-refractivity contribution in [2.45, 2.75) is 160 Å². The lowest BCUT2D eigenvalue weighted by atomic mass is 9.95. The summed E-state index contributed by atoms with van der Waals surface area (Å²) in [5, 5.41) is 19.1. The average Bonchev–Trinajstić information content (AvgIpc) is 3.88. The molecule has 0 fully saturated rings. The van der Waals surface area contributed by atoms with E-state index in [9.17, 15) is 38.4 Å². The normalized spacial score (nSPS) is 14.7. The van der Waals surface area contributed by atoms with Crippen LogP contribution >= 0.6 is 0 Å². The van der Waals surface area contributed by atoms with Gasteiger partial charge in [0.15, 0.2) is 11.9 Å². The van der Waals surface area contributed by atoms with Gasteiger partial charge in [-0.3, -0.25) is 48.3 Å². The molecule has 8 amide bonds. The van der Waals surface area contributed by atoms with Crippen LogP contribution in [0.4, 0.5) is 0 Å². The van der Waals surface area contributed by atoms with Gasteiger partial charge in [-0.05, 0) is 81.7 Å². The summed E-state index contributed by atoms with van der Waals surface area (Å²) >= 11 is 0. The summed E-state index contributed by atoms with van der Waals surface area (Å²) in [5.41, 5.74) is 41.2. The van der Waals surface area contributed by atoms with Gasteiger partial charge in [-0.25, -0.2) is 4.98 Å². The fraction of sp³-hybridized carbons (Fsp3) is 0.612. The van der Waals surface area contributed by atoms with E-state index in [1.165, 1.54) is 12.5 Å². The largest absolute Gasteiger partial charge is 0.370 e. The molecule has 1 aromatic carbocycles. The van der Waals surface area contributed by atoms with Crippen LogP contribution in [0, 0.1) is 11.8 Å². The number of nitrogens with one attached hydrogen (secondary N) is 8. The van der Waals surface area contributed by atoms with Crippen LogP contribution in [0.15, 0.2) is 52.8 Å². The number of nitrogens with zero attached hydrogens (tertiary/aromatic N) is 3. The van der Waals surface area contributed by atoms with E-state index in [-0.39, 0.29) is 88.7 Å². The molecule has 26 heteroatoms. The van der Waals surface area contributed by atoms with E-state index >= 15 is 0 Å². The standard InChI is InChI=1S/C49H84N18O8/c1-6-29(5)39(47(75)65-37(40(52)68)24-30-15-9-8-10-16-30)67-46(74)38(23-28(3)4)66-45(73)36(19-14-22-59-49(55)56)64-44(72)35(18-13-21-58-48(53)54)63-43(71)34(17-11-12-20-50)62-42(70)33(7-2)61-41(69)32(51)25-31-26-57-27-60-31/h8-10,15-16,26-29,32-39H,6-7,11-14,17-25,50-51H2,1-5H3,(H2,52,68)(H,57,60)(H,61,69)(H,62,70)(H,63,71)(H,64,72)(H,65,75)(H,66,73)(H,67,74)(H4,53,54,58)(H4,55,56,59)/t29-,32-,33-,34-,35-,36-,37-,38-,39-/m0/s1. The van der Waals surface area contributed by atoms with Crippen molar-refractivity contribution in [1.29, 1.82) is 0 Å². The molecule has 0 aliphatic carbocycles. The molecule has 2 rings (SSSR count). The molecule has 0 bridgehead atoms. The van der Waals surface area contributed by atoms with Crippen molar-refractivity contribution in [2.24, 2.45) is 62.0 Å². The molecule has 0 saturated heterocycles. The van der Waals surface area contributed by atoms with Crippen molar-refractivity contribution in [3.63, 3.8) is 0 Å². The van der Waals surface area contributed by atoms with Crippen molar-refractivity contribution in [3.8, 4) is 0 Å². The highest BCUT2D eigenvalue weighted by Crippen LogP contribution is 2.14. The van der Waals surface area contributed by atoms with Gasteiger partial charge >= 0.3 is 0 Å². The number of imidazole rings is 1. The van der Waals surface area contributed by atoms with E-state index in [0.717, 1.165) is 5.56 Å². The molecule has 0 unspecified atom stereocenters. The summed E-state index contributed by atoms with van der Waals surface area (Å²) < 4.78 is 0. The van der Waals surface area contributed by atoms with E-state index in [0.29, 0.717) is 31.5 Å². The van der Waals surface area contributed by atoms with Crippen LogP contribution in [0.3, 0.4) is 0 Å². The number of aliphatic imine (C=N–C) groups is 2. The first-order valence-corrected chi connectivity index (χ1v) is 25.6. The second kappa shape index (κ2) is 34.2. The number of unbranched alkanes of at least 4 members (excludes halogenated alkanes) is 1. The molecule has 22 N–H and O–H groups in total. The summed E-state index contributed by atoms with van der Waals surface area (Å²) in [7, 11) is 0. The third-order valence-electron chi connectivity index (χ3n) is 12.2. The predicted molar refractivity (Wildman–Crippen MR) is 285 cm³/mol. The second-order valence-corrected chi connectivity index (χ2v) is 18.9. The Morgan fingerprint density at radius 2 is 1.05 bits per heavy atom. The number of aromatic nitrogens is 2. The van der Waals surface area contributed by atoms with Crippen molar-refractivity contribution < 1.29 is 38.4 Å². The molecular weight excluding hydrogens is 969 g/mol. The van der Waals surface area contributed by atoms with Crippen LogP contribution in [-0.2, 0) is 51.2 Å². The zero-order valence-electron chi connectivity index (χ0n) is 44.1. The molecule has 9 atom stereocenters. The number of hydrogen-bond acceptors (Lipinski definition) is 13. The van der Waals surface area contributed by atoms with Gasteiger partial charge in [0.25, 0.3) is 0 Å². The molecule has 26 nitrogen and oxygen atoms in total. The van der Waals surface area contributed by atoms with Crippen LogP contribution in [0.1, 0.15) is 110 Å². The highest BCUT2D eigenvalue weighted by Gasteiger charge is 2.35. The van der Waals surface area contributed by atoms with Crippen LogP contribution < -0.4 is 77.4 Å². The van der Waals surface area contributed by atoms with E-state index in [1.807, 2.05) is 26.8 Å². The number of amides is 8. The minimum Gasteiger partial charge on any atom is -0.370 e. The first kappa shape index (κ1) is 63.8. The number of benzene rings is 1. The number of hydrogen-bond donors (Lipinski definition) is 15. The third kappa shape index (κ3) is 24.5. The molecule has 0 aliphatic heterocycles. The zero-order valence-corrected chi connectivity index (χ0v) is 44.1. The molecule has 1 heterocycles. The topological polar surface area (TPSA) is 456 Å². The monoisotopic (exact) mass is 1050 g/mol. The Bertz CT molecular complexity index is 2170. The Hall–Kier alpha value is -7.35. The highest BCUT2D eigenvalue weighted by atomic mass is 16.2. The average molecular weight is 1050 g/mol. The maximum atomic E-state index is 14.4. The van der Waals surface area contributed by atoms with Gasteiger partial charge in [0.1, 0.15) is 42.3 Å². The predicted octanol–water partition coefficient (Wildman–Crippen LogP) is -2.86. The molecule has 0 saturated carbocycles. The Labute approximate surface area is 439 Å². The van der Waals surface area contributed by atoms with Crippen molar-refractivity contribution >= 4 is 59.2 Å². The van der Waals surface area contributed by atoms with Gasteiger partial charge < -0.3 is 82.3 Å². The van der Waals surface area contributed by atoms with Crippen molar-refractivity contribution in [1.82, 2.24) is 47.2 Å². The SMILES string of the molecule is CC[C@H](NC(=O)[C@@H](N)Cc1cnc[nH]1)C(=O)N[C@@H](CCCCN)C(=O)N[C@@H](CCCN=C(N)N)C(=O)N[C@@H](CCCN=C(N)N)C(=O)N[C@@H](CC(C)C)C(=O)N[C@H](C(=O)N[C@@H](Cc1ccccc1)C(N)=O)[C@@H](C)CC. The van der Waals surface area contributed by atoms with Gasteiger partial charge in [0.05, 0.1) is 12.4 Å². The summed E-state index contributed by atoms with van der Waals surface area (Å²) in [6, 6.07) is -0.436. The van der Waals surface area contributed by atoms with Crippen molar-refractivity contribution in [2.75, 3.05) is 19.6 Å². The lowest BCUT2D eigenvalue weighted by molar-refractivity contribution is -0.136. The van der Waals surface area contributed by atoms with E-state index in [2.05, 4.69) is 57.2 Å². The number of rotatable bonds is 36. The van der Waals surface area contributed by atoms with Crippen LogP contribution in [0.25, 0.3) is 0 Å². The van der Waals surface area contributed by atoms with E-state index < -0.39 is 102 Å². The lowest BCUT2D eigenvalue weighted by Gasteiger charge is -2.30. The summed E-state index contributed by atoms with van der Waals surface area (Å²) in [6.45, 7) is 9.36. The van der Waals surface area contributed by atoms with Crippen molar-refractivity contribution in [3.05, 3.63) is 54.1 Å². The molecule has 418 valence electrons. The fourth-order valence-electron chi connectivity index (χ4n) is 7.75. The Morgan fingerprint density at radius 3 is 1.51 bits per heavy atom. The summed E-state index contributed by atoms with van der Waals surface area (Å²) in [6.07, 6.45) is 5.22. The molecule has 0 aliphatic rings. The smallest absolute Gasteiger partial charge is 0.243 e. The van der Waals surface area contributed by atoms with Crippen LogP contribution in [0.2, 0.25) is 0 Å². The second-order valence-electron chi connectivity index (χ2n) is 18.9. The van der Waals surface area contributed by atoms with E-state index in [1.54, 1.807) is 38.1 Å². The quantitative estimate of drug-likeness (QED) is 0.0185. The highest BCUT2D eigenvalue weighted by molar-refractivity contribution is 5.98. The lowest BCUT2D eigenvalue weighted by Crippen LogP contribution is -2.61. The van der Waals surface area contributed by atoms with Gasteiger partial charge in [0, 0.05) is 37.8 Å². The maximum Gasteiger partial charge on any atom is 0.243 e. The number of aromatic amines is 1. The molecule has 75 heavy (non-hydrogen) atoms. The van der Waals surface area contributed by atoms with E-state index in [4.69, 9.17) is 40.1 Å². The van der Waals surface area contributed by atoms with Gasteiger partial charge in [-0.15, -0.1) is 0 Å². The summed E-state index contributed by atoms with van der Waals surface area (Å²) in [4.78, 5) is 125. The molecular formula is C49H84N18O8. The number of carbonyl (C=O) groups is 8. The number of guanidine groups is 2. The first-order valence-electron chi connectivity index (χ1n) is 25.6. The number of nitrogens with two attached hydrogens (primary N) is 7. The maximum absolute atomic E-state index is 14.4. The third-order valence-corrected chi connectivity index (χ3v) is 12.2. The molecule has 1 aromatic heterocycles. The minimum atomic E-state index is -1.33. The fourth-order valence-corrected chi connectivity index (χ4v) is 7.75. The Balaban J connectivity index is 2.44. The number of carbonyl (C=O) groups excluding carboxylic acids is 8. The molecule has 0 spiro atoms. The van der Waals surface area contributed by atoms with Gasteiger partial charge in [-0.2, -0.15) is 0 Å². The zero-order chi connectivity index (χ0) is 56.0. The first-order chi connectivity index (χ1) is 35.6. The summed E-state index contributed by atoms with van der Waals surface area (Å²) in [5.74, 6) is -6.70. The number of primary amides is 1. The number of H-pyrrole nitrogens is 1. The van der Waals surface area contributed by atoms with Gasteiger partial charge in [-0.1, -0.05) is 71.4 Å². The Morgan fingerprint density at radius 1 is 0.573 bits per heavy atom. The molecule has 0 radical (unpaired) electrons. The minimum absolute atomic E-state index is 0.0403. The Kier molecular flexibility index (Phi) is 29.1. The molecule has 2 aromatic rings. The van der Waals surface area contributed by atoms with Crippen LogP contribution in [-0.4, -0.2) is 137 Å². The van der Waals surface area contributed by atoms with Crippen LogP contribution in [0.5, 0.6) is 0 Å². The van der Waals surface area contributed by atoms with Gasteiger partial charge in [0.2, 0.25) is 47.3 Å².